The third-order valence-corrected chi connectivity index (χ3v) is 5.04. The molecule has 3 nitrogen and oxygen atoms in total. The van der Waals surface area contributed by atoms with Crippen LogP contribution in [0.15, 0.2) is 24.4 Å². The van der Waals surface area contributed by atoms with E-state index in [0.29, 0.717) is 5.75 Å². The molecule has 25 heavy (non-hydrogen) atoms. The quantitative estimate of drug-likeness (QED) is 0.372. The highest BCUT2D eigenvalue weighted by Gasteiger charge is 2.07. The van der Waals surface area contributed by atoms with Crippen LogP contribution in [0.4, 0.5) is 0 Å². The molecule has 1 aromatic heterocycles. The Hall–Kier alpha value is -1.48. The number of aromatic amines is 1. The van der Waals surface area contributed by atoms with Crippen molar-refractivity contribution in [1.82, 2.24) is 10.3 Å². The smallest absolute Gasteiger partial charge is 0.125 e. The zero-order valence-corrected chi connectivity index (χ0v) is 15.9. The van der Waals surface area contributed by atoms with Crippen molar-refractivity contribution >= 4 is 10.9 Å². The number of H-pyrrole nitrogens is 1. The van der Waals surface area contributed by atoms with Gasteiger partial charge < -0.3 is 15.4 Å². The maximum absolute atomic E-state index is 10.0. The van der Waals surface area contributed by atoms with Crippen molar-refractivity contribution in [1.29, 1.82) is 0 Å². The third kappa shape index (κ3) is 7.11. The maximum atomic E-state index is 10.0. The first-order valence-corrected chi connectivity index (χ1v) is 10.3. The third-order valence-electron chi connectivity index (χ3n) is 5.04. The second-order valence-electron chi connectivity index (χ2n) is 7.20. The highest BCUT2D eigenvalue weighted by Crippen LogP contribution is 2.27. The molecule has 2 rings (SSSR count). The summed E-state index contributed by atoms with van der Waals surface area (Å²) in [6.07, 6.45) is 16.8. The summed E-state index contributed by atoms with van der Waals surface area (Å²) < 4.78 is 0. The summed E-state index contributed by atoms with van der Waals surface area (Å²) in [4.78, 5) is 3.24. The van der Waals surface area contributed by atoms with E-state index in [2.05, 4.69) is 17.2 Å². The van der Waals surface area contributed by atoms with Crippen LogP contribution in [0.2, 0.25) is 0 Å². The molecule has 0 bridgehead atoms. The summed E-state index contributed by atoms with van der Waals surface area (Å²) in [6.45, 7) is 4.35. The molecule has 0 radical (unpaired) electrons. The van der Waals surface area contributed by atoms with E-state index >= 15 is 0 Å². The fraction of sp³-hybridized carbons (Fsp3) is 0.636. The van der Waals surface area contributed by atoms with E-state index in [-0.39, 0.29) is 0 Å². The van der Waals surface area contributed by atoms with E-state index in [9.17, 15) is 5.11 Å². The molecule has 0 amide bonds. The van der Waals surface area contributed by atoms with E-state index in [1.165, 1.54) is 69.8 Å². The Morgan fingerprint density at radius 2 is 1.56 bits per heavy atom. The van der Waals surface area contributed by atoms with E-state index in [1.54, 1.807) is 6.07 Å². The van der Waals surface area contributed by atoms with Gasteiger partial charge in [0.2, 0.25) is 0 Å². The SMILES string of the molecule is CCCCCCCCCCCCNCCc1c[nH]c2cccc(O)c12. The number of nitrogens with one attached hydrogen (secondary N) is 2. The van der Waals surface area contributed by atoms with E-state index in [0.717, 1.165) is 30.4 Å². The number of unbranched alkanes of at least 4 members (excludes halogenated alkanes) is 9. The van der Waals surface area contributed by atoms with Crippen LogP contribution in [0.1, 0.15) is 76.7 Å². The van der Waals surface area contributed by atoms with Gasteiger partial charge in [0.15, 0.2) is 0 Å². The number of aromatic nitrogens is 1. The summed E-state index contributed by atoms with van der Waals surface area (Å²) in [6, 6.07) is 5.65. The Balaban J connectivity index is 1.46. The molecule has 0 fully saturated rings. The maximum Gasteiger partial charge on any atom is 0.125 e. The van der Waals surface area contributed by atoms with Crippen LogP contribution in [0.5, 0.6) is 5.75 Å². The number of rotatable bonds is 14. The summed E-state index contributed by atoms with van der Waals surface area (Å²) in [5.74, 6) is 0.378. The summed E-state index contributed by atoms with van der Waals surface area (Å²) in [5, 5.41) is 14.5. The van der Waals surface area contributed by atoms with Crippen molar-refractivity contribution < 1.29 is 5.11 Å². The Bertz CT molecular complexity index is 591. The standard InChI is InChI=1S/C22H36N2O/c1-2-3-4-5-6-7-8-9-10-11-16-23-17-15-19-18-24-20-13-12-14-21(25)22(19)20/h12-14,18,23-25H,2-11,15-17H2,1H3. The Labute approximate surface area is 153 Å². The van der Waals surface area contributed by atoms with Crippen LogP contribution in [0.3, 0.4) is 0 Å². The van der Waals surface area contributed by atoms with Crippen molar-refractivity contribution in [3.8, 4) is 5.75 Å². The zero-order valence-electron chi connectivity index (χ0n) is 15.9. The Morgan fingerprint density at radius 3 is 2.28 bits per heavy atom. The molecule has 0 saturated heterocycles. The lowest BCUT2D eigenvalue weighted by atomic mass is 10.1. The highest BCUT2D eigenvalue weighted by molar-refractivity contribution is 5.88. The average Bonchev–Trinajstić information content (AvgIpc) is 3.03. The second kappa shape index (κ2) is 12.0. The van der Waals surface area contributed by atoms with Gasteiger partial charge in [0.05, 0.1) is 0 Å². The molecule has 140 valence electrons. The van der Waals surface area contributed by atoms with Crippen molar-refractivity contribution in [3.05, 3.63) is 30.0 Å². The van der Waals surface area contributed by atoms with E-state index in [1.807, 2.05) is 18.3 Å². The van der Waals surface area contributed by atoms with Gasteiger partial charge >= 0.3 is 0 Å². The van der Waals surface area contributed by atoms with Gasteiger partial charge in [-0.15, -0.1) is 0 Å². The molecule has 1 heterocycles. The first-order valence-electron chi connectivity index (χ1n) is 10.3. The minimum absolute atomic E-state index is 0.378. The first-order chi connectivity index (χ1) is 12.3. The lowest BCUT2D eigenvalue weighted by Gasteiger charge is -2.05. The number of phenolic OH excluding ortho intramolecular Hbond substituents is 1. The van der Waals surface area contributed by atoms with Gasteiger partial charge in [-0.25, -0.2) is 0 Å². The monoisotopic (exact) mass is 344 g/mol. The Morgan fingerprint density at radius 1 is 0.880 bits per heavy atom. The molecule has 3 N–H and O–H groups in total. The number of hydrogen-bond acceptors (Lipinski definition) is 2. The van der Waals surface area contributed by atoms with Crippen molar-refractivity contribution in [2.24, 2.45) is 0 Å². The predicted octanol–water partition coefficient (Wildman–Crippen LogP) is 5.93. The second-order valence-corrected chi connectivity index (χ2v) is 7.20. The molecule has 0 aliphatic rings. The number of aromatic hydroxyl groups is 1. The number of fused-ring (bicyclic) bond motifs is 1. The lowest BCUT2D eigenvalue weighted by molar-refractivity contribution is 0.481. The number of phenols is 1. The molecule has 3 heteroatoms. The Kier molecular flexibility index (Phi) is 9.50. The molecule has 0 spiro atoms. The minimum Gasteiger partial charge on any atom is -0.507 e. The summed E-state index contributed by atoms with van der Waals surface area (Å²) in [7, 11) is 0. The molecular weight excluding hydrogens is 308 g/mol. The van der Waals surface area contributed by atoms with Gasteiger partial charge in [-0.2, -0.15) is 0 Å². The molecule has 0 saturated carbocycles. The molecule has 0 aliphatic heterocycles. The molecule has 2 aromatic rings. The zero-order chi connectivity index (χ0) is 17.7. The average molecular weight is 345 g/mol. The fourth-order valence-electron chi connectivity index (χ4n) is 3.52. The topological polar surface area (TPSA) is 48.0 Å². The largest absolute Gasteiger partial charge is 0.507 e. The van der Waals surface area contributed by atoms with E-state index < -0.39 is 0 Å². The van der Waals surface area contributed by atoms with Crippen molar-refractivity contribution in [2.45, 2.75) is 77.6 Å². The van der Waals surface area contributed by atoms with Gasteiger partial charge in [-0.3, -0.25) is 0 Å². The molecular formula is C22H36N2O. The molecule has 0 unspecified atom stereocenters. The van der Waals surface area contributed by atoms with Crippen LogP contribution < -0.4 is 5.32 Å². The van der Waals surface area contributed by atoms with Crippen molar-refractivity contribution in [3.63, 3.8) is 0 Å². The van der Waals surface area contributed by atoms with Crippen molar-refractivity contribution in [2.75, 3.05) is 13.1 Å². The van der Waals surface area contributed by atoms with Crippen LogP contribution in [0.25, 0.3) is 10.9 Å². The molecule has 1 aromatic carbocycles. The molecule has 0 aliphatic carbocycles. The fourth-order valence-corrected chi connectivity index (χ4v) is 3.52. The van der Waals surface area contributed by atoms with Crippen LogP contribution in [-0.4, -0.2) is 23.2 Å². The summed E-state index contributed by atoms with van der Waals surface area (Å²) >= 11 is 0. The van der Waals surface area contributed by atoms with Gasteiger partial charge in [-0.05, 0) is 43.6 Å². The first kappa shape index (κ1) is 19.8. The van der Waals surface area contributed by atoms with Gasteiger partial charge in [0.1, 0.15) is 5.75 Å². The highest BCUT2D eigenvalue weighted by atomic mass is 16.3. The predicted molar refractivity (Wildman–Crippen MR) is 108 cm³/mol. The minimum atomic E-state index is 0.378. The number of hydrogen-bond donors (Lipinski definition) is 3. The van der Waals surface area contributed by atoms with Gasteiger partial charge in [0, 0.05) is 17.1 Å². The van der Waals surface area contributed by atoms with Crippen LogP contribution in [-0.2, 0) is 6.42 Å². The van der Waals surface area contributed by atoms with Crippen LogP contribution in [0, 0.1) is 0 Å². The number of benzene rings is 1. The van der Waals surface area contributed by atoms with Crippen LogP contribution >= 0.6 is 0 Å². The van der Waals surface area contributed by atoms with Gasteiger partial charge in [0.25, 0.3) is 0 Å². The van der Waals surface area contributed by atoms with Gasteiger partial charge in [-0.1, -0.05) is 70.8 Å². The summed E-state index contributed by atoms with van der Waals surface area (Å²) in [5.41, 5.74) is 2.22. The van der Waals surface area contributed by atoms with E-state index in [4.69, 9.17) is 0 Å². The molecule has 0 atom stereocenters. The normalized spacial score (nSPS) is 11.4. The lowest BCUT2D eigenvalue weighted by Crippen LogP contribution is -2.18.